The largest absolute Gasteiger partial charge is 0.349 e. The molecule has 124 valence electrons. The van der Waals surface area contributed by atoms with Crippen LogP contribution in [0, 0.1) is 0 Å². The van der Waals surface area contributed by atoms with E-state index in [4.69, 9.17) is 0 Å². The van der Waals surface area contributed by atoms with Gasteiger partial charge in [-0.3, -0.25) is 14.5 Å². The highest BCUT2D eigenvalue weighted by Crippen LogP contribution is 2.13. The molecule has 0 aliphatic rings. The molecule has 1 N–H and O–H groups in total. The van der Waals surface area contributed by atoms with Gasteiger partial charge in [-0.2, -0.15) is 5.10 Å². The van der Waals surface area contributed by atoms with Crippen molar-refractivity contribution in [2.24, 2.45) is 0 Å². The van der Waals surface area contributed by atoms with Crippen LogP contribution >= 0.6 is 11.5 Å². The van der Waals surface area contributed by atoms with Crippen molar-refractivity contribution in [3.05, 3.63) is 47.2 Å². The summed E-state index contributed by atoms with van der Waals surface area (Å²) in [6, 6.07) is 7.63. The van der Waals surface area contributed by atoms with Gasteiger partial charge in [0.05, 0.1) is 17.9 Å². The zero-order valence-electron chi connectivity index (χ0n) is 13.3. The van der Waals surface area contributed by atoms with Crippen molar-refractivity contribution in [3.63, 3.8) is 0 Å². The number of nitrogens with one attached hydrogen (secondary N) is 1. The van der Waals surface area contributed by atoms with Crippen LogP contribution < -0.4 is 5.32 Å². The Balaban J connectivity index is 1.54. The van der Waals surface area contributed by atoms with Gasteiger partial charge in [0.25, 0.3) is 5.91 Å². The molecular formula is C16H18N6OS. The highest BCUT2D eigenvalue weighted by atomic mass is 32.1. The maximum atomic E-state index is 12.2. The van der Waals surface area contributed by atoms with E-state index in [2.05, 4.69) is 31.9 Å². The number of rotatable bonds is 7. The second-order valence-electron chi connectivity index (χ2n) is 5.23. The molecule has 7 nitrogen and oxygen atoms in total. The van der Waals surface area contributed by atoms with Gasteiger partial charge in [-0.15, -0.1) is 5.10 Å². The van der Waals surface area contributed by atoms with Gasteiger partial charge in [0.2, 0.25) is 0 Å². The minimum Gasteiger partial charge on any atom is -0.349 e. The Hall–Kier alpha value is -2.61. The maximum Gasteiger partial charge on any atom is 0.265 e. The van der Waals surface area contributed by atoms with Crippen molar-refractivity contribution >= 4 is 17.4 Å². The average molecular weight is 342 g/mol. The van der Waals surface area contributed by atoms with E-state index in [-0.39, 0.29) is 5.91 Å². The number of aromatic nitrogens is 5. The van der Waals surface area contributed by atoms with Crippen molar-refractivity contribution in [1.29, 1.82) is 0 Å². The van der Waals surface area contributed by atoms with Gasteiger partial charge in [0.1, 0.15) is 10.6 Å². The van der Waals surface area contributed by atoms with Gasteiger partial charge in [-0.05, 0) is 36.2 Å². The second-order valence-corrected chi connectivity index (χ2v) is 5.99. The number of hydrogen-bond donors (Lipinski definition) is 1. The van der Waals surface area contributed by atoms with E-state index in [9.17, 15) is 4.79 Å². The monoisotopic (exact) mass is 342 g/mol. The Morgan fingerprint density at radius 2 is 2.21 bits per heavy atom. The van der Waals surface area contributed by atoms with Crippen LogP contribution in [0.1, 0.15) is 28.7 Å². The van der Waals surface area contributed by atoms with E-state index in [1.807, 2.05) is 30.5 Å². The fourth-order valence-electron chi connectivity index (χ4n) is 2.28. The maximum absolute atomic E-state index is 12.2. The highest BCUT2D eigenvalue weighted by molar-refractivity contribution is 7.08. The topological polar surface area (TPSA) is 85.6 Å². The summed E-state index contributed by atoms with van der Waals surface area (Å²) in [4.78, 5) is 17.1. The molecule has 0 aliphatic heterocycles. The smallest absolute Gasteiger partial charge is 0.265 e. The summed E-state index contributed by atoms with van der Waals surface area (Å²) in [5, 5.41) is 11.4. The van der Waals surface area contributed by atoms with Gasteiger partial charge < -0.3 is 5.32 Å². The molecule has 0 radical (unpaired) electrons. The van der Waals surface area contributed by atoms with Gasteiger partial charge >= 0.3 is 0 Å². The third-order valence-electron chi connectivity index (χ3n) is 3.44. The minimum atomic E-state index is -0.120. The Bertz CT molecular complexity index is 798. The predicted molar refractivity (Wildman–Crippen MR) is 91.7 cm³/mol. The molecule has 0 saturated carbocycles. The molecular weight excluding hydrogens is 324 g/mol. The first-order chi connectivity index (χ1) is 11.8. The van der Waals surface area contributed by atoms with E-state index in [1.165, 1.54) is 0 Å². The molecule has 0 atom stereocenters. The van der Waals surface area contributed by atoms with Crippen molar-refractivity contribution in [2.75, 3.05) is 6.54 Å². The van der Waals surface area contributed by atoms with Crippen LogP contribution in [0.5, 0.6) is 0 Å². The van der Waals surface area contributed by atoms with Gasteiger partial charge in [0.15, 0.2) is 0 Å². The van der Waals surface area contributed by atoms with Crippen LogP contribution in [0.4, 0.5) is 0 Å². The van der Waals surface area contributed by atoms with Crippen LogP contribution in [0.25, 0.3) is 11.4 Å². The molecule has 0 saturated heterocycles. The van der Waals surface area contributed by atoms with Gasteiger partial charge in [0, 0.05) is 18.9 Å². The summed E-state index contributed by atoms with van der Waals surface area (Å²) >= 11 is 1.14. The average Bonchev–Trinajstić information content (AvgIpc) is 3.25. The zero-order valence-corrected chi connectivity index (χ0v) is 14.2. The first-order valence-electron chi connectivity index (χ1n) is 7.82. The quantitative estimate of drug-likeness (QED) is 0.711. The first-order valence-corrected chi connectivity index (χ1v) is 8.59. The standard InChI is InChI=1S/C16H18N6OS/c1-2-5-14-15(24-21-19-14)16(23)18-9-11-22-10-7-13(20-22)12-6-3-4-8-17-12/h3-4,6-8,10H,2,5,9,11H2,1H3,(H,18,23). The summed E-state index contributed by atoms with van der Waals surface area (Å²) in [5.41, 5.74) is 2.43. The molecule has 3 heterocycles. The normalized spacial score (nSPS) is 10.7. The third-order valence-corrected chi connectivity index (χ3v) is 4.21. The van der Waals surface area contributed by atoms with E-state index in [0.717, 1.165) is 41.5 Å². The Kier molecular flexibility index (Phi) is 5.27. The van der Waals surface area contributed by atoms with Crippen LogP contribution in [-0.2, 0) is 13.0 Å². The molecule has 0 spiro atoms. The molecule has 3 aromatic heterocycles. The summed E-state index contributed by atoms with van der Waals surface area (Å²) in [5.74, 6) is -0.120. The van der Waals surface area contributed by atoms with E-state index in [1.54, 1.807) is 10.9 Å². The Morgan fingerprint density at radius 3 is 3.00 bits per heavy atom. The zero-order chi connectivity index (χ0) is 16.8. The number of amides is 1. The molecule has 1 amide bonds. The van der Waals surface area contributed by atoms with Crippen molar-refractivity contribution in [1.82, 2.24) is 29.7 Å². The summed E-state index contributed by atoms with van der Waals surface area (Å²) in [7, 11) is 0. The van der Waals surface area contributed by atoms with Crippen molar-refractivity contribution in [3.8, 4) is 11.4 Å². The van der Waals surface area contributed by atoms with E-state index >= 15 is 0 Å². The molecule has 0 aromatic carbocycles. The fraction of sp³-hybridized carbons (Fsp3) is 0.312. The molecule has 3 aromatic rings. The fourth-order valence-corrected chi connectivity index (χ4v) is 2.91. The van der Waals surface area contributed by atoms with E-state index in [0.29, 0.717) is 18.0 Å². The molecule has 3 rings (SSSR count). The third kappa shape index (κ3) is 3.83. The van der Waals surface area contributed by atoms with Crippen LogP contribution in [0.15, 0.2) is 36.7 Å². The van der Waals surface area contributed by atoms with Crippen LogP contribution in [-0.4, -0.2) is 36.8 Å². The summed E-state index contributed by atoms with van der Waals surface area (Å²) in [6.07, 6.45) is 5.33. The van der Waals surface area contributed by atoms with Gasteiger partial charge in [-0.1, -0.05) is 23.9 Å². The molecule has 0 bridgehead atoms. The molecule has 0 unspecified atom stereocenters. The van der Waals surface area contributed by atoms with E-state index < -0.39 is 0 Å². The number of carbonyl (C=O) groups is 1. The number of pyridine rings is 1. The van der Waals surface area contributed by atoms with Crippen molar-refractivity contribution < 1.29 is 4.79 Å². The number of aryl methyl sites for hydroxylation is 1. The Morgan fingerprint density at radius 1 is 1.29 bits per heavy atom. The summed E-state index contributed by atoms with van der Waals surface area (Å²) in [6.45, 7) is 3.14. The van der Waals surface area contributed by atoms with Crippen molar-refractivity contribution in [2.45, 2.75) is 26.3 Å². The number of hydrogen-bond acceptors (Lipinski definition) is 6. The number of carbonyl (C=O) groups excluding carboxylic acids is 1. The highest BCUT2D eigenvalue weighted by Gasteiger charge is 2.15. The lowest BCUT2D eigenvalue weighted by Gasteiger charge is -2.05. The minimum absolute atomic E-state index is 0.120. The molecule has 0 aliphatic carbocycles. The molecule has 24 heavy (non-hydrogen) atoms. The predicted octanol–water partition coefficient (Wildman–Crippen LogP) is 2.18. The SMILES string of the molecule is CCCc1nnsc1C(=O)NCCn1ccc(-c2ccccn2)n1. The van der Waals surface area contributed by atoms with Crippen LogP contribution in [0.2, 0.25) is 0 Å². The second kappa shape index (κ2) is 7.78. The first kappa shape index (κ1) is 16.3. The van der Waals surface area contributed by atoms with Crippen LogP contribution in [0.3, 0.4) is 0 Å². The lowest BCUT2D eigenvalue weighted by Crippen LogP contribution is -2.27. The molecule has 0 fully saturated rings. The number of nitrogens with zero attached hydrogens (tertiary/aromatic N) is 5. The lowest BCUT2D eigenvalue weighted by molar-refractivity contribution is 0.0955. The lowest BCUT2D eigenvalue weighted by atomic mass is 10.2. The summed E-state index contributed by atoms with van der Waals surface area (Å²) < 4.78 is 5.67. The molecule has 8 heteroatoms. The van der Waals surface area contributed by atoms with Gasteiger partial charge in [-0.25, -0.2) is 0 Å². The Labute approximate surface area is 143 Å².